The van der Waals surface area contributed by atoms with Gasteiger partial charge in [0.15, 0.2) is 0 Å². The first-order valence-corrected chi connectivity index (χ1v) is 8.79. The van der Waals surface area contributed by atoms with E-state index in [0.29, 0.717) is 0 Å². The Hall–Kier alpha value is -2.46. The van der Waals surface area contributed by atoms with Crippen molar-refractivity contribution in [1.29, 1.82) is 0 Å². The molecule has 1 aliphatic heterocycles. The maximum absolute atomic E-state index is 3.70. The lowest BCUT2D eigenvalue weighted by molar-refractivity contribution is 0.213. The van der Waals surface area contributed by atoms with Crippen LogP contribution in [0, 0.1) is 0 Å². The first-order valence-electron chi connectivity index (χ1n) is 8.79. The maximum atomic E-state index is 3.70. The monoisotopic (exact) mass is 329 g/mol. The first-order chi connectivity index (χ1) is 12.3. The van der Waals surface area contributed by atoms with E-state index in [1.807, 2.05) is 0 Å². The van der Waals surface area contributed by atoms with Crippen molar-refractivity contribution in [2.75, 3.05) is 0 Å². The molecule has 0 aromatic heterocycles. The zero-order chi connectivity index (χ0) is 17.1. The fraction of sp³-hybridized carbons (Fsp3) is 0.182. The van der Waals surface area contributed by atoms with Crippen molar-refractivity contribution in [3.05, 3.63) is 96.1 Å². The summed E-state index contributed by atoms with van der Waals surface area (Å²) < 4.78 is 0. The minimum atomic E-state index is 0.0814. The summed E-state index contributed by atoms with van der Waals surface area (Å²) in [6, 6.07) is 29.7. The van der Waals surface area contributed by atoms with Gasteiger partial charge in [0.1, 0.15) is 0 Å². The summed E-state index contributed by atoms with van der Waals surface area (Å²) in [6.07, 6.45) is 0.407. The lowest BCUT2D eigenvalue weighted by Gasteiger charge is -2.38. The van der Waals surface area contributed by atoms with Gasteiger partial charge in [0.2, 0.25) is 0 Å². The van der Waals surface area contributed by atoms with Gasteiger partial charge < -0.3 is 0 Å². The fourth-order valence-electron chi connectivity index (χ4n) is 3.46. The molecule has 1 heterocycles. The lowest BCUT2D eigenvalue weighted by atomic mass is 9.97. The third-order valence-electron chi connectivity index (χ3n) is 4.66. The van der Waals surface area contributed by atoms with Crippen LogP contribution >= 0.6 is 0 Å². The molecule has 0 radical (unpaired) electrons. The Bertz CT molecular complexity index is 817. The maximum Gasteiger partial charge on any atom is 0.0867 e. The lowest BCUT2D eigenvalue weighted by Crippen LogP contribution is -2.57. The molecule has 3 aromatic carbocycles. The molecule has 0 aliphatic carbocycles. The molecule has 3 heteroatoms. The molecule has 1 saturated heterocycles. The van der Waals surface area contributed by atoms with Gasteiger partial charge in [-0.05, 0) is 29.2 Å². The van der Waals surface area contributed by atoms with Crippen LogP contribution in [-0.4, -0.2) is 6.17 Å². The van der Waals surface area contributed by atoms with Crippen molar-refractivity contribution in [2.24, 2.45) is 0 Å². The fourth-order valence-corrected chi connectivity index (χ4v) is 3.46. The van der Waals surface area contributed by atoms with Crippen LogP contribution in [0.3, 0.4) is 0 Å². The Morgan fingerprint density at radius 1 is 0.600 bits per heavy atom. The van der Waals surface area contributed by atoms with Crippen LogP contribution in [0.15, 0.2) is 84.9 Å². The molecule has 1 fully saturated rings. The second-order valence-electron chi connectivity index (χ2n) is 6.45. The summed E-state index contributed by atoms with van der Waals surface area (Å²) in [5, 5.41) is 10.9. The number of hydrogen-bond donors (Lipinski definition) is 3. The van der Waals surface area contributed by atoms with Crippen molar-refractivity contribution in [2.45, 2.75) is 25.4 Å². The van der Waals surface area contributed by atoms with Crippen molar-refractivity contribution >= 4 is 0 Å². The van der Waals surface area contributed by atoms with E-state index in [1.165, 1.54) is 22.3 Å². The van der Waals surface area contributed by atoms with Gasteiger partial charge in [-0.15, -0.1) is 0 Å². The topological polar surface area (TPSA) is 36.1 Å². The summed E-state index contributed by atoms with van der Waals surface area (Å²) >= 11 is 0. The molecule has 3 aromatic rings. The van der Waals surface area contributed by atoms with Crippen LogP contribution in [0.4, 0.5) is 0 Å². The zero-order valence-electron chi connectivity index (χ0n) is 14.3. The highest BCUT2D eigenvalue weighted by Crippen LogP contribution is 2.30. The molecule has 4 rings (SSSR count). The Balaban J connectivity index is 1.68. The van der Waals surface area contributed by atoms with Gasteiger partial charge in [-0.25, -0.2) is 0 Å². The summed E-state index contributed by atoms with van der Waals surface area (Å²) in [7, 11) is 0. The zero-order valence-corrected chi connectivity index (χ0v) is 14.3. The first kappa shape index (κ1) is 16.0. The molecule has 3 atom stereocenters. The largest absolute Gasteiger partial charge is 0.283 e. The quantitative estimate of drug-likeness (QED) is 0.675. The summed E-state index contributed by atoms with van der Waals surface area (Å²) in [4.78, 5) is 0. The van der Waals surface area contributed by atoms with Crippen molar-refractivity contribution in [3.8, 4) is 11.1 Å². The van der Waals surface area contributed by atoms with Gasteiger partial charge in [-0.2, -0.15) is 0 Å². The molecule has 3 N–H and O–H groups in total. The van der Waals surface area contributed by atoms with Gasteiger partial charge in [-0.3, -0.25) is 16.0 Å². The second-order valence-corrected chi connectivity index (χ2v) is 6.45. The van der Waals surface area contributed by atoms with Crippen molar-refractivity contribution in [1.82, 2.24) is 16.0 Å². The standard InChI is InChI=1S/C22H23N3/c1-16-23-21(18-12-6-3-7-13-18)25-22(24-16)20-15-9-8-14-19(20)17-10-4-2-5-11-17/h2-16,21-25H,1H3. The number of rotatable bonds is 3. The third kappa shape index (κ3) is 3.49. The average Bonchev–Trinajstić information content (AvgIpc) is 2.69. The highest BCUT2D eigenvalue weighted by molar-refractivity contribution is 5.67. The highest BCUT2D eigenvalue weighted by Gasteiger charge is 2.27. The van der Waals surface area contributed by atoms with Crippen LogP contribution in [0.5, 0.6) is 0 Å². The minimum Gasteiger partial charge on any atom is -0.283 e. The van der Waals surface area contributed by atoms with Gasteiger partial charge in [0.05, 0.1) is 18.5 Å². The summed E-state index contributed by atoms with van der Waals surface area (Å²) in [5.41, 5.74) is 5.01. The molecule has 25 heavy (non-hydrogen) atoms. The Kier molecular flexibility index (Phi) is 4.61. The van der Waals surface area contributed by atoms with Gasteiger partial charge in [-0.1, -0.05) is 84.9 Å². The molecule has 3 unspecified atom stereocenters. The Labute approximate surface area is 149 Å². The minimum absolute atomic E-state index is 0.0814. The van der Waals surface area contributed by atoms with E-state index >= 15 is 0 Å². The molecular formula is C22H23N3. The molecule has 0 amide bonds. The van der Waals surface area contributed by atoms with Gasteiger partial charge in [0.25, 0.3) is 0 Å². The molecule has 1 aliphatic rings. The van der Waals surface area contributed by atoms with Crippen molar-refractivity contribution < 1.29 is 0 Å². The third-order valence-corrected chi connectivity index (χ3v) is 4.66. The van der Waals surface area contributed by atoms with Gasteiger partial charge >= 0.3 is 0 Å². The SMILES string of the molecule is CC1NC(c2ccccc2)NC(c2ccccc2-c2ccccc2)N1. The predicted octanol–water partition coefficient (Wildman–Crippen LogP) is 4.18. The summed E-state index contributed by atoms with van der Waals surface area (Å²) in [5.74, 6) is 0. The average molecular weight is 329 g/mol. The number of hydrogen-bond acceptors (Lipinski definition) is 3. The van der Waals surface area contributed by atoms with Crippen molar-refractivity contribution in [3.63, 3.8) is 0 Å². The Morgan fingerprint density at radius 2 is 1.20 bits per heavy atom. The summed E-state index contributed by atoms with van der Waals surface area (Å²) in [6.45, 7) is 2.16. The smallest absolute Gasteiger partial charge is 0.0867 e. The molecular weight excluding hydrogens is 306 g/mol. The van der Waals surface area contributed by atoms with E-state index in [0.717, 1.165) is 0 Å². The van der Waals surface area contributed by atoms with Crippen LogP contribution in [0.25, 0.3) is 11.1 Å². The highest BCUT2D eigenvalue weighted by atomic mass is 15.3. The van der Waals surface area contributed by atoms with Gasteiger partial charge in [0, 0.05) is 0 Å². The molecule has 3 nitrogen and oxygen atoms in total. The van der Waals surface area contributed by atoms with Crippen LogP contribution in [-0.2, 0) is 0 Å². The molecule has 0 spiro atoms. The van der Waals surface area contributed by atoms with E-state index in [2.05, 4.69) is 108 Å². The van der Waals surface area contributed by atoms with E-state index in [4.69, 9.17) is 0 Å². The Morgan fingerprint density at radius 3 is 1.96 bits per heavy atom. The number of benzene rings is 3. The van der Waals surface area contributed by atoms with E-state index in [1.54, 1.807) is 0 Å². The van der Waals surface area contributed by atoms with Crippen LogP contribution < -0.4 is 16.0 Å². The van der Waals surface area contributed by atoms with E-state index < -0.39 is 0 Å². The van der Waals surface area contributed by atoms with Crippen LogP contribution in [0.1, 0.15) is 30.4 Å². The molecule has 126 valence electrons. The van der Waals surface area contributed by atoms with Crippen LogP contribution in [0.2, 0.25) is 0 Å². The molecule has 0 saturated carbocycles. The number of nitrogens with one attached hydrogen (secondary N) is 3. The predicted molar refractivity (Wildman–Crippen MR) is 103 cm³/mol. The van der Waals surface area contributed by atoms with E-state index in [9.17, 15) is 0 Å². The van der Waals surface area contributed by atoms with E-state index in [-0.39, 0.29) is 18.5 Å². The molecule has 0 bridgehead atoms. The second kappa shape index (κ2) is 7.19. The normalized spacial score (nSPS) is 23.3.